The van der Waals surface area contributed by atoms with E-state index in [1.165, 1.54) is 11.8 Å². The normalized spacial score (nSPS) is 11.6. The first-order chi connectivity index (χ1) is 9.76. The molecule has 3 N–H and O–H groups in total. The van der Waals surface area contributed by atoms with Crippen molar-refractivity contribution in [3.05, 3.63) is 42.4 Å². The molecule has 0 saturated carbocycles. The summed E-state index contributed by atoms with van der Waals surface area (Å²) >= 11 is 3.09. The number of hydrogen-bond acceptors (Lipinski definition) is 6. The van der Waals surface area contributed by atoms with Crippen LogP contribution in [0.2, 0.25) is 0 Å². The van der Waals surface area contributed by atoms with E-state index in [1.54, 1.807) is 30.4 Å². The lowest BCUT2D eigenvalue weighted by Crippen LogP contribution is -2.15. The highest BCUT2D eigenvalue weighted by Crippen LogP contribution is 2.34. The highest BCUT2D eigenvalue weighted by Gasteiger charge is 2.14. The predicted molar refractivity (Wildman–Crippen MR) is 81.5 cm³/mol. The zero-order valence-electron chi connectivity index (χ0n) is 10.9. The first-order valence-corrected chi connectivity index (χ1v) is 7.74. The summed E-state index contributed by atoms with van der Waals surface area (Å²) < 4.78 is 0. The monoisotopic (exact) mass is 306 g/mol. The van der Waals surface area contributed by atoms with E-state index in [9.17, 15) is 0 Å². The van der Waals surface area contributed by atoms with Crippen molar-refractivity contribution in [2.75, 3.05) is 5.75 Å². The molecule has 1 aromatic heterocycles. The zero-order chi connectivity index (χ0) is 14.4. The van der Waals surface area contributed by atoms with Gasteiger partial charge in [0.05, 0.1) is 6.20 Å². The van der Waals surface area contributed by atoms with E-state index in [0.717, 1.165) is 26.1 Å². The van der Waals surface area contributed by atoms with Gasteiger partial charge in [-0.3, -0.25) is 4.98 Å². The lowest BCUT2D eigenvalue weighted by molar-refractivity contribution is 0.318. The molecule has 7 heteroatoms. The number of amidine groups is 1. The van der Waals surface area contributed by atoms with E-state index >= 15 is 0 Å². The first-order valence-electron chi connectivity index (χ1n) is 5.93. The summed E-state index contributed by atoms with van der Waals surface area (Å²) in [6.45, 7) is 2.06. The van der Waals surface area contributed by atoms with Gasteiger partial charge in [-0.25, -0.2) is 4.98 Å². The van der Waals surface area contributed by atoms with Gasteiger partial charge in [0.2, 0.25) is 0 Å². The highest BCUT2D eigenvalue weighted by molar-refractivity contribution is 8.00. The summed E-state index contributed by atoms with van der Waals surface area (Å²) in [7, 11) is 0. The second-order valence-corrected chi connectivity index (χ2v) is 6.06. The smallest absolute Gasteiger partial charge is 0.172 e. The number of aromatic nitrogens is 2. The van der Waals surface area contributed by atoms with Crippen molar-refractivity contribution in [2.45, 2.75) is 21.7 Å². The molecule has 0 fully saturated rings. The van der Waals surface area contributed by atoms with Crippen LogP contribution in [-0.4, -0.2) is 26.8 Å². The lowest BCUT2D eigenvalue weighted by atomic mass is 10.2. The Morgan fingerprint density at radius 2 is 2.15 bits per heavy atom. The van der Waals surface area contributed by atoms with E-state index in [4.69, 9.17) is 10.9 Å². The summed E-state index contributed by atoms with van der Waals surface area (Å²) in [6.07, 6.45) is 4.94. The number of nitrogens with zero attached hydrogens (tertiary/aromatic N) is 3. The van der Waals surface area contributed by atoms with Crippen LogP contribution in [0.1, 0.15) is 12.5 Å². The van der Waals surface area contributed by atoms with Crippen LogP contribution < -0.4 is 5.73 Å². The molecule has 2 aromatic rings. The molecule has 0 bridgehead atoms. The molecule has 20 heavy (non-hydrogen) atoms. The van der Waals surface area contributed by atoms with E-state index in [-0.39, 0.29) is 5.84 Å². The van der Waals surface area contributed by atoms with E-state index < -0.39 is 0 Å². The molecule has 1 aromatic carbocycles. The van der Waals surface area contributed by atoms with E-state index in [0.29, 0.717) is 0 Å². The quantitative estimate of drug-likeness (QED) is 0.290. The summed E-state index contributed by atoms with van der Waals surface area (Å²) in [6, 6.07) is 5.83. The molecule has 104 valence electrons. The second-order valence-electron chi connectivity index (χ2n) is 3.69. The third-order valence-electron chi connectivity index (χ3n) is 2.41. The van der Waals surface area contributed by atoms with Crippen LogP contribution >= 0.6 is 23.5 Å². The second kappa shape index (κ2) is 7.16. The molecule has 1 heterocycles. The van der Waals surface area contributed by atoms with Crippen molar-refractivity contribution in [1.82, 2.24) is 9.97 Å². The summed E-state index contributed by atoms with van der Waals surface area (Å²) in [4.78, 5) is 10.1. The Balaban J connectivity index is 2.44. The van der Waals surface area contributed by atoms with Crippen LogP contribution in [0.15, 0.2) is 56.8 Å². The van der Waals surface area contributed by atoms with Gasteiger partial charge < -0.3 is 10.9 Å². The number of thioether (sulfide) groups is 1. The molecule has 2 rings (SSSR count). The first kappa shape index (κ1) is 14.7. The minimum Gasteiger partial charge on any atom is -0.409 e. The van der Waals surface area contributed by atoms with E-state index in [1.807, 2.05) is 18.2 Å². The minimum atomic E-state index is 0.105. The Kier molecular flexibility index (Phi) is 5.25. The average Bonchev–Trinajstić information content (AvgIpc) is 2.48. The van der Waals surface area contributed by atoms with Gasteiger partial charge in [0.15, 0.2) is 5.84 Å². The Labute approximate surface area is 125 Å². The fourth-order valence-electron chi connectivity index (χ4n) is 1.63. The lowest BCUT2D eigenvalue weighted by Gasteiger charge is -2.12. The number of oxime groups is 1. The number of rotatable bonds is 5. The number of hydrogen-bond donors (Lipinski definition) is 2. The number of benzene rings is 1. The summed E-state index contributed by atoms with van der Waals surface area (Å²) in [5.41, 5.74) is 6.55. The average molecular weight is 306 g/mol. The van der Waals surface area contributed by atoms with Gasteiger partial charge in [-0.05, 0) is 17.9 Å². The highest BCUT2D eigenvalue weighted by atomic mass is 32.2. The van der Waals surface area contributed by atoms with Crippen molar-refractivity contribution in [3.8, 4) is 0 Å². The van der Waals surface area contributed by atoms with Gasteiger partial charge in [0, 0.05) is 27.7 Å². The summed E-state index contributed by atoms with van der Waals surface area (Å²) in [5.74, 6) is 1.01. The standard InChI is InChI=1S/C13H14N4OS2/c1-2-19-9-4-3-5-10(12(9)13(14)17-18)20-11-8-15-6-7-16-11/h3-8,18H,2H2,1H3,(H2,14,17). The fourth-order valence-corrected chi connectivity index (χ4v) is 3.45. The van der Waals surface area contributed by atoms with Gasteiger partial charge in [0.25, 0.3) is 0 Å². The fraction of sp³-hybridized carbons (Fsp3) is 0.154. The third-order valence-corrected chi connectivity index (χ3v) is 4.33. The predicted octanol–water partition coefficient (Wildman–Crippen LogP) is 2.83. The van der Waals surface area contributed by atoms with Gasteiger partial charge in [0.1, 0.15) is 5.03 Å². The molecule has 5 nitrogen and oxygen atoms in total. The Hall–Kier alpha value is -1.73. The van der Waals surface area contributed by atoms with Crippen LogP contribution in [0.25, 0.3) is 0 Å². The van der Waals surface area contributed by atoms with Gasteiger partial charge in [-0.1, -0.05) is 29.9 Å². The van der Waals surface area contributed by atoms with Gasteiger partial charge in [-0.15, -0.1) is 11.8 Å². The van der Waals surface area contributed by atoms with Crippen molar-refractivity contribution in [2.24, 2.45) is 10.9 Å². The Bertz CT molecular complexity index is 605. The molecule has 0 saturated heterocycles. The van der Waals surface area contributed by atoms with Crippen molar-refractivity contribution >= 4 is 29.4 Å². The van der Waals surface area contributed by atoms with Crippen LogP contribution in [0, 0.1) is 0 Å². The largest absolute Gasteiger partial charge is 0.409 e. The maximum atomic E-state index is 8.99. The van der Waals surface area contributed by atoms with E-state index in [2.05, 4.69) is 22.0 Å². The zero-order valence-corrected chi connectivity index (χ0v) is 12.5. The molecule has 0 atom stereocenters. The molecule has 0 aliphatic heterocycles. The molecule has 0 aliphatic rings. The van der Waals surface area contributed by atoms with Gasteiger partial charge in [-0.2, -0.15) is 0 Å². The maximum Gasteiger partial charge on any atom is 0.172 e. The van der Waals surface area contributed by atoms with Crippen molar-refractivity contribution in [3.63, 3.8) is 0 Å². The van der Waals surface area contributed by atoms with Crippen LogP contribution in [0.4, 0.5) is 0 Å². The Morgan fingerprint density at radius 1 is 1.35 bits per heavy atom. The maximum absolute atomic E-state index is 8.99. The molecular weight excluding hydrogens is 292 g/mol. The molecule has 0 amide bonds. The van der Waals surface area contributed by atoms with Gasteiger partial charge >= 0.3 is 0 Å². The molecule has 0 spiro atoms. The summed E-state index contributed by atoms with van der Waals surface area (Å²) in [5, 5.41) is 12.9. The Morgan fingerprint density at radius 3 is 2.80 bits per heavy atom. The third kappa shape index (κ3) is 3.43. The SMILES string of the molecule is CCSc1cccc(Sc2cnccn2)c1/C(N)=N/O. The molecular formula is C13H14N4OS2. The van der Waals surface area contributed by atoms with Crippen LogP contribution in [-0.2, 0) is 0 Å². The molecule has 0 unspecified atom stereocenters. The van der Waals surface area contributed by atoms with Crippen molar-refractivity contribution in [1.29, 1.82) is 0 Å². The van der Waals surface area contributed by atoms with Crippen LogP contribution in [0.3, 0.4) is 0 Å². The molecule has 0 radical (unpaired) electrons. The van der Waals surface area contributed by atoms with Crippen LogP contribution in [0.5, 0.6) is 0 Å². The number of nitrogens with two attached hydrogens (primary N) is 1. The molecule has 0 aliphatic carbocycles. The van der Waals surface area contributed by atoms with Crippen molar-refractivity contribution < 1.29 is 5.21 Å². The minimum absolute atomic E-state index is 0.105. The topological polar surface area (TPSA) is 84.4 Å².